The number of hydrogen-bond acceptors (Lipinski definition) is 3. The third-order valence-corrected chi connectivity index (χ3v) is 2.97. The van der Waals surface area contributed by atoms with Gasteiger partial charge in [0.25, 0.3) is 0 Å². The molecule has 1 aromatic carbocycles. The third-order valence-electron chi connectivity index (χ3n) is 2.74. The zero-order valence-electron chi connectivity index (χ0n) is 11.6. The molecule has 2 N–H and O–H groups in total. The van der Waals surface area contributed by atoms with Crippen LogP contribution in [-0.4, -0.2) is 30.8 Å². The van der Waals surface area contributed by atoms with Crippen molar-refractivity contribution in [2.24, 2.45) is 0 Å². The second-order valence-corrected chi connectivity index (χ2v) is 4.72. The Morgan fingerprint density at radius 2 is 2.30 bits per heavy atom. The number of hydrogen-bond donors (Lipinski definition) is 2. The van der Waals surface area contributed by atoms with E-state index in [0.29, 0.717) is 29.1 Å². The zero-order chi connectivity index (χ0) is 15.0. The molecule has 1 unspecified atom stereocenters. The zero-order valence-corrected chi connectivity index (χ0v) is 12.3. The predicted molar refractivity (Wildman–Crippen MR) is 79.8 cm³/mol. The van der Waals surface area contributed by atoms with Crippen LogP contribution in [0.5, 0.6) is 0 Å². The van der Waals surface area contributed by atoms with E-state index < -0.39 is 0 Å². The fraction of sp³-hybridized carbons (Fsp3) is 0.400. The number of anilines is 1. The molecule has 0 aliphatic carbocycles. The maximum absolute atomic E-state index is 11.9. The predicted octanol–water partition coefficient (Wildman–Crippen LogP) is 2.44. The molecular formula is C15H18ClNO3. The molecule has 5 heteroatoms. The Morgan fingerprint density at radius 3 is 2.95 bits per heavy atom. The van der Waals surface area contributed by atoms with E-state index in [-0.39, 0.29) is 18.6 Å². The van der Waals surface area contributed by atoms with Gasteiger partial charge >= 0.3 is 0 Å². The molecule has 0 radical (unpaired) electrons. The first-order valence-electron chi connectivity index (χ1n) is 6.28. The minimum absolute atomic E-state index is 0.0359. The van der Waals surface area contributed by atoms with Crippen molar-refractivity contribution >= 4 is 23.2 Å². The van der Waals surface area contributed by atoms with Crippen LogP contribution in [0.3, 0.4) is 0 Å². The average Bonchev–Trinajstić information content (AvgIpc) is 2.44. The van der Waals surface area contributed by atoms with Gasteiger partial charge in [-0.25, -0.2) is 0 Å². The highest BCUT2D eigenvalue weighted by Crippen LogP contribution is 2.20. The van der Waals surface area contributed by atoms with Crippen LogP contribution < -0.4 is 5.32 Å². The molecule has 0 saturated carbocycles. The van der Waals surface area contributed by atoms with E-state index in [2.05, 4.69) is 17.2 Å². The number of ether oxygens (including phenoxy) is 1. The van der Waals surface area contributed by atoms with Crippen molar-refractivity contribution in [2.45, 2.75) is 25.9 Å². The van der Waals surface area contributed by atoms with Crippen LogP contribution in [-0.2, 0) is 9.53 Å². The Bertz CT molecular complexity index is 520. The summed E-state index contributed by atoms with van der Waals surface area (Å²) in [7, 11) is 1.61. The summed E-state index contributed by atoms with van der Waals surface area (Å²) in [5.41, 5.74) is 1.17. The Morgan fingerprint density at radius 1 is 1.55 bits per heavy atom. The first-order valence-corrected chi connectivity index (χ1v) is 6.66. The first kappa shape index (κ1) is 16.5. The fourth-order valence-electron chi connectivity index (χ4n) is 1.53. The van der Waals surface area contributed by atoms with E-state index in [1.165, 1.54) is 0 Å². The standard InChI is InChI=1S/C15H18ClNO3/c1-11(20-2)5-8-15(19)17-14-10-13(16)7-6-12(14)4-3-9-18/h6-7,10-11,18H,5,8-9H2,1-2H3,(H,17,19). The van der Waals surface area contributed by atoms with Gasteiger partial charge in [0.2, 0.25) is 5.91 Å². The third kappa shape index (κ3) is 5.62. The van der Waals surface area contributed by atoms with E-state index in [1.54, 1.807) is 25.3 Å². The smallest absolute Gasteiger partial charge is 0.224 e. The Labute approximate surface area is 124 Å². The number of rotatable bonds is 5. The lowest BCUT2D eigenvalue weighted by atomic mass is 10.1. The van der Waals surface area contributed by atoms with Crippen LogP contribution in [0.4, 0.5) is 5.69 Å². The molecule has 0 aliphatic heterocycles. The van der Waals surface area contributed by atoms with Gasteiger partial charge < -0.3 is 15.2 Å². The number of methoxy groups -OCH3 is 1. The molecule has 0 saturated heterocycles. The van der Waals surface area contributed by atoms with Crippen molar-refractivity contribution in [3.63, 3.8) is 0 Å². The number of carbonyl (C=O) groups is 1. The summed E-state index contributed by atoms with van der Waals surface area (Å²) in [6.45, 7) is 1.67. The Kier molecular flexibility index (Phi) is 7.10. The van der Waals surface area contributed by atoms with E-state index >= 15 is 0 Å². The average molecular weight is 296 g/mol. The highest BCUT2D eigenvalue weighted by molar-refractivity contribution is 6.31. The van der Waals surface area contributed by atoms with E-state index in [1.807, 2.05) is 6.92 Å². The fourth-order valence-corrected chi connectivity index (χ4v) is 1.70. The van der Waals surface area contributed by atoms with Gasteiger partial charge in [-0.3, -0.25) is 4.79 Å². The lowest BCUT2D eigenvalue weighted by Crippen LogP contribution is -2.15. The molecule has 0 spiro atoms. The molecule has 0 bridgehead atoms. The molecule has 0 fully saturated rings. The number of nitrogens with one attached hydrogen (secondary N) is 1. The largest absolute Gasteiger partial charge is 0.384 e. The van der Waals surface area contributed by atoms with Gasteiger partial charge in [0.15, 0.2) is 0 Å². The topological polar surface area (TPSA) is 58.6 Å². The van der Waals surface area contributed by atoms with E-state index in [4.69, 9.17) is 21.4 Å². The minimum Gasteiger partial charge on any atom is -0.384 e. The van der Waals surface area contributed by atoms with Crippen LogP contribution in [0, 0.1) is 11.8 Å². The van der Waals surface area contributed by atoms with Crippen LogP contribution >= 0.6 is 11.6 Å². The summed E-state index contributed by atoms with van der Waals surface area (Å²) in [6.07, 6.45) is 1.03. The Hall–Kier alpha value is -1.54. The van der Waals surface area contributed by atoms with Crippen LogP contribution in [0.2, 0.25) is 5.02 Å². The van der Waals surface area contributed by atoms with Gasteiger partial charge in [0.05, 0.1) is 11.8 Å². The SMILES string of the molecule is COC(C)CCC(=O)Nc1cc(Cl)ccc1C#CCO. The van der Waals surface area contributed by atoms with E-state index in [0.717, 1.165) is 0 Å². The summed E-state index contributed by atoms with van der Waals surface area (Å²) in [4.78, 5) is 11.9. The molecule has 0 heterocycles. The van der Waals surface area contributed by atoms with Gasteiger partial charge in [-0.15, -0.1) is 0 Å². The van der Waals surface area contributed by atoms with Crippen LogP contribution in [0.1, 0.15) is 25.3 Å². The van der Waals surface area contributed by atoms with Gasteiger partial charge in [0, 0.05) is 24.1 Å². The van der Waals surface area contributed by atoms with Gasteiger partial charge in [-0.05, 0) is 31.5 Å². The second kappa shape index (κ2) is 8.60. The summed E-state index contributed by atoms with van der Waals surface area (Å²) >= 11 is 5.92. The van der Waals surface area contributed by atoms with Crippen molar-refractivity contribution in [1.29, 1.82) is 0 Å². The molecule has 1 amide bonds. The van der Waals surface area contributed by atoms with Crippen LogP contribution in [0.25, 0.3) is 0 Å². The van der Waals surface area contributed by atoms with Crippen molar-refractivity contribution in [1.82, 2.24) is 0 Å². The monoisotopic (exact) mass is 295 g/mol. The van der Waals surface area contributed by atoms with E-state index in [9.17, 15) is 4.79 Å². The van der Waals surface area contributed by atoms with Gasteiger partial charge in [-0.2, -0.15) is 0 Å². The Balaban J connectivity index is 2.75. The maximum Gasteiger partial charge on any atom is 0.224 e. The molecule has 20 heavy (non-hydrogen) atoms. The van der Waals surface area contributed by atoms with Crippen molar-refractivity contribution < 1.29 is 14.6 Å². The lowest BCUT2D eigenvalue weighted by molar-refractivity contribution is -0.116. The number of aliphatic hydroxyl groups excluding tert-OH is 1. The molecule has 108 valence electrons. The molecule has 1 aromatic rings. The first-order chi connectivity index (χ1) is 9.56. The highest BCUT2D eigenvalue weighted by atomic mass is 35.5. The van der Waals surface area contributed by atoms with Crippen molar-refractivity contribution in [3.8, 4) is 11.8 Å². The number of benzene rings is 1. The normalized spacial score (nSPS) is 11.4. The summed E-state index contributed by atoms with van der Waals surface area (Å²) < 4.78 is 5.10. The molecule has 0 aliphatic rings. The quantitative estimate of drug-likeness (QED) is 0.820. The number of amides is 1. The molecule has 4 nitrogen and oxygen atoms in total. The number of aliphatic hydroxyl groups is 1. The van der Waals surface area contributed by atoms with Gasteiger partial charge in [-0.1, -0.05) is 23.4 Å². The van der Waals surface area contributed by atoms with Crippen molar-refractivity contribution in [3.05, 3.63) is 28.8 Å². The summed E-state index contributed by atoms with van der Waals surface area (Å²) in [6, 6.07) is 5.03. The summed E-state index contributed by atoms with van der Waals surface area (Å²) in [5.74, 6) is 5.20. The highest BCUT2D eigenvalue weighted by Gasteiger charge is 2.09. The number of carbonyl (C=O) groups excluding carboxylic acids is 1. The summed E-state index contributed by atoms with van der Waals surface area (Å²) in [5, 5.41) is 12.0. The minimum atomic E-state index is -0.235. The molecular weight excluding hydrogens is 278 g/mol. The van der Waals surface area contributed by atoms with Gasteiger partial charge in [0.1, 0.15) is 6.61 Å². The lowest BCUT2D eigenvalue weighted by Gasteiger charge is -2.11. The van der Waals surface area contributed by atoms with Crippen LogP contribution in [0.15, 0.2) is 18.2 Å². The second-order valence-electron chi connectivity index (χ2n) is 4.28. The molecule has 1 atom stereocenters. The molecule has 0 aromatic heterocycles. The molecule has 1 rings (SSSR count). The number of halogens is 1. The van der Waals surface area contributed by atoms with Crippen molar-refractivity contribution in [2.75, 3.05) is 19.0 Å². The maximum atomic E-state index is 11.9.